The topological polar surface area (TPSA) is 30.3 Å². The van der Waals surface area contributed by atoms with Gasteiger partial charge >= 0.3 is 0 Å². The molecule has 2 aromatic rings. The molecule has 5 heteroatoms. The summed E-state index contributed by atoms with van der Waals surface area (Å²) in [7, 11) is 0. The van der Waals surface area contributed by atoms with Gasteiger partial charge in [-0.15, -0.1) is 0 Å². The van der Waals surface area contributed by atoms with Gasteiger partial charge in [0.15, 0.2) is 0 Å². The maximum absolute atomic E-state index is 6.32. The van der Waals surface area contributed by atoms with Crippen molar-refractivity contribution in [1.82, 2.24) is 14.5 Å². The molecule has 0 amide bonds. The zero-order chi connectivity index (χ0) is 16.9. The maximum atomic E-state index is 6.32. The van der Waals surface area contributed by atoms with Crippen LogP contribution in [0.4, 0.5) is 0 Å². The molecular weight excluding hydrogens is 330 g/mol. The molecule has 2 aliphatic heterocycles. The summed E-state index contributed by atoms with van der Waals surface area (Å²) in [4.78, 5) is 6.67. The molecule has 0 bridgehead atoms. The van der Waals surface area contributed by atoms with Gasteiger partial charge in [0.25, 0.3) is 0 Å². The van der Waals surface area contributed by atoms with Crippen LogP contribution in [-0.2, 0) is 17.7 Å². The van der Waals surface area contributed by atoms with E-state index < -0.39 is 0 Å². The molecule has 134 valence electrons. The van der Waals surface area contributed by atoms with E-state index in [1.54, 1.807) is 0 Å². The Hall–Kier alpha value is -1.30. The van der Waals surface area contributed by atoms with E-state index in [2.05, 4.69) is 50.5 Å². The second kappa shape index (κ2) is 8.39. The molecule has 4 rings (SSSR count). The van der Waals surface area contributed by atoms with Gasteiger partial charge in [-0.3, -0.25) is 4.90 Å². The fraction of sp³-hybridized carbons (Fsp3) is 0.550. The summed E-state index contributed by atoms with van der Waals surface area (Å²) in [6.07, 6.45) is 9.97. The van der Waals surface area contributed by atoms with Gasteiger partial charge in [0.2, 0.25) is 0 Å². The third-order valence-electron chi connectivity index (χ3n) is 5.17. The lowest BCUT2D eigenvalue weighted by Crippen LogP contribution is -2.38. The van der Waals surface area contributed by atoms with Crippen LogP contribution < -0.4 is 0 Å². The fourth-order valence-corrected chi connectivity index (χ4v) is 4.75. The minimum Gasteiger partial charge on any atom is -0.373 e. The highest BCUT2D eigenvalue weighted by atomic mass is 32.2. The van der Waals surface area contributed by atoms with E-state index in [4.69, 9.17) is 4.74 Å². The van der Waals surface area contributed by atoms with Crippen molar-refractivity contribution in [2.45, 2.75) is 38.0 Å². The largest absolute Gasteiger partial charge is 0.373 e. The zero-order valence-corrected chi connectivity index (χ0v) is 15.5. The zero-order valence-electron chi connectivity index (χ0n) is 14.7. The standard InChI is InChI=1S/C20H27N3OS/c1-3-18(14-23-8-7-21-16-23)4-2-17(1)13-19-5-6-20(24-19)15-22-9-11-25-12-10-22/h1-4,7-8,16,19-20H,5-6,9-15H2/t19-,20+/m1/s1. The van der Waals surface area contributed by atoms with E-state index in [1.807, 2.05) is 18.7 Å². The van der Waals surface area contributed by atoms with Crippen LogP contribution in [0.15, 0.2) is 43.0 Å². The van der Waals surface area contributed by atoms with Crippen molar-refractivity contribution in [2.75, 3.05) is 31.1 Å². The van der Waals surface area contributed by atoms with E-state index in [1.165, 1.54) is 48.6 Å². The quantitative estimate of drug-likeness (QED) is 0.795. The van der Waals surface area contributed by atoms with Crippen LogP contribution in [-0.4, -0.2) is 57.8 Å². The molecule has 1 aromatic carbocycles. The van der Waals surface area contributed by atoms with E-state index >= 15 is 0 Å². The molecule has 0 saturated carbocycles. The Morgan fingerprint density at radius 3 is 2.56 bits per heavy atom. The van der Waals surface area contributed by atoms with Crippen molar-refractivity contribution in [3.63, 3.8) is 0 Å². The van der Waals surface area contributed by atoms with E-state index in [9.17, 15) is 0 Å². The van der Waals surface area contributed by atoms with E-state index in [0.29, 0.717) is 12.2 Å². The van der Waals surface area contributed by atoms with Crippen molar-refractivity contribution >= 4 is 11.8 Å². The van der Waals surface area contributed by atoms with Crippen LogP contribution in [0.25, 0.3) is 0 Å². The number of benzene rings is 1. The summed E-state index contributed by atoms with van der Waals surface area (Å²) < 4.78 is 8.42. The van der Waals surface area contributed by atoms with Crippen molar-refractivity contribution < 1.29 is 4.74 Å². The maximum Gasteiger partial charge on any atom is 0.0949 e. The summed E-state index contributed by atoms with van der Waals surface area (Å²) in [5.74, 6) is 2.56. The first-order valence-corrected chi connectivity index (χ1v) is 10.5. The van der Waals surface area contributed by atoms with Crippen LogP contribution in [0.1, 0.15) is 24.0 Å². The molecule has 2 fully saturated rings. The van der Waals surface area contributed by atoms with Crippen LogP contribution in [0.3, 0.4) is 0 Å². The second-order valence-corrected chi connectivity index (χ2v) is 8.35. The molecule has 4 nitrogen and oxygen atoms in total. The Morgan fingerprint density at radius 1 is 1.04 bits per heavy atom. The van der Waals surface area contributed by atoms with Gasteiger partial charge in [0.1, 0.15) is 0 Å². The summed E-state index contributed by atoms with van der Waals surface area (Å²) in [5.41, 5.74) is 2.70. The van der Waals surface area contributed by atoms with Gasteiger partial charge in [-0.25, -0.2) is 4.98 Å². The highest BCUT2D eigenvalue weighted by molar-refractivity contribution is 7.99. The number of hydrogen-bond acceptors (Lipinski definition) is 4. The van der Waals surface area contributed by atoms with Gasteiger partial charge in [-0.1, -0.05) is 24.3 Å². The third-order valence-corrected chi connectivity index (χ3v) is 6.11. The Bertz CT molecular complexity index is 637. The minimum absolute atomic E-state index is 0.392. The van der Waals surface area contributed by atoms with Crippen molar-refractivity contribution in [2.24, 2.45) is 0 Å². The second-order valence-electron chi connectivity index (χ2n) is 7.13. The Kier molecular flexibility index (Phi) is 5.75. The van der Waals surface area contributed by atoms with Gasteiger partial charge < -0.3 is 9.30 Å². The van der Waals surface area contributed by atoms with E-state index in [-0.39, 0.29) is 0 Å². The third kappa shape index (κ3) is 4.87. The summed E-state index contributed by atoms with van der Waals surface area (Å²) in [6.45, 7) is 4.47. The number of rotatable bonds is 6. The lowest BCUT2D eigenvalue weighted by molar-refractivity contribution is 0.0251. The normalized spacial score (nSPS) is 24.6. The molecule has 2 atom stereocenters. The van der Waals surface area contributed by atoms with Crippen molar-refractivity contribution in [1.29, 1.82) is 0 Å². The predicted molar refractivity (Wildman–Crippen MR) is 103 cm³/mol. The number of nitrogens with zero attached hydrogens (tertiary/aromatic N) is 3. The van der Waals surface area contributed by atoms with Crippen LogP contribution in [0, 0.1) is 0 Å². The number of thioether (sulfide) groups is 1. The summed E-state index contributed by atoms with van der Waals surface area (Å²) in [6, 6.07) is 8.97. The highest BCUT2D eigenvalue weighted by Gasteiger charge is 2.27. The average molecular weight is 358 g/mol. The van der Waals surface area contributed by atoms with E-state index in [0.717, 1.165) is 19.5 Å². The summed E-state index contributed by atoms with van der Waals surface area (Å²) >= 11 is 2.07. The Balaban J connectivity index is 1.25. The number of ether oxygens (including phenoxy) is 1. The van der Waals surface area contributed by atoms with Crippen LogP contribution >= 0.6 is 11.8 Å². The monoisotopic (exact) mass is 357 g/mol. The Morgan fingerprint density at radius 2 is 1.80 bits per heavy atom. The van der Waals surface area contributed by atoms with Gasteiger partial charge in [0.05, 0.1) is 18.5 Å². The molecule has 3 heterocycles. The molecule has 1 aromatic heterocycles. The number of hydrogen-bond donors (Lipinski definition) is 0. The predicted octanol–water partition coefficient (Wildman–Crippen LogP) is 3.07. The molecule has 2 aliphatic rings. The molecule has 0 N–H and O–H groups in total. The molecule has 25 heavy (non-hydrogen) atoms. The smallest absolute Gasteiger partial charge is 0.0949 e. The van der Waals surface area contributed by atoms with Crippen LogP contribution in [0.5, 0.6) is 0 Å². The number of aromatic nitrogens is 2. The van der Waals surface area contributed by atoms with Crippen molar-refractivity contribution in [3.05, 3.63) is 54.1 Å². The minimum atomic E-state index is 0.392. The molecular formula is C20H27N3OS. The molecule has 0 spiro atoms. The highest BCUT2D eigenvalue weighted by Crippen LogP contribution is 2.24. The van der Waals surface area contributed by atoms with Gasteiger partial charge in [-0.05, 0) is 30.4 Å². The Labute approximate surface area is 154 Å². The number of imidazole rings is 1. The van der Waals surface area contributed by atoms with Gasteiger partial charge in [0, 0.05) is 50.1 Å². The molecule has 0 unspecified atom stereocenters. The molecule has 0 radical (unpaired) electrons. The summed E-state index contributed by atoms with van der Waals surface area (Å²) in [5, 5.41) is 0. The molecule has 0 aliphatic carbocycles. The molecule has 2 saturated heterocycles. The SMILES string of the molecule is c1cn(Cc2ccc(C[C@H]3CC[C@@H](CN4CCSCC4)O3)cc2)cn1. The lowest BCUT2D eigenvalue weighted by Gasteiger charge is -2.28. The first-order chi connectivity index (χ1) is 12.3. The fourth-order valence-electron chi connectivity index (χ4n) is 3.77. The average Bonchev–Trinajstić information content (AvgIpc) is 3.30. The first kappa shape index (κ1) is 17.1. The lowest BCUT2D eigenvalue weighted by atomic mass is 10.0. The first-order valence-electron chi connectivity index (χ1n) is 9.34. The van der Waals surface area contributed by atoms with Gasteiger partial charge in [-0.2, -0.15) is 11.8 Å². The van der Waals surface area contributed by atoms with Crippen LogP contribution in [0.2, 0.25) is 0 Å². The van der Waals surface area contributed by atoms with Crippen molar-refractivity contribution in [3.8, 4) is 0 Å².